The van der Waals surface area contributed by atoms with E-state index < -0.39 is 0 Å². The molecule has 1 aromatic carbocycles. The number of ketones is 1. The Hall–Kier alpha value is -1.32. The van der Waals surface area contributed by atoms with Crippen LogP contribution in [0, 0.1) is 0 Å². The summed E-state index contributed by atoms with van der Waals surface area (Å²) in [5.41, 5.74) is 1.69. The third kappa shape index (κ3) is 2.42. The largest absolute Gasteiger partial charge is 0.495 e. The number of ether oxygens (including phenoxy) is 1. The monoisotopic (exact) mass is 280 g/mol. The Morgan fingerprint density at radius 2 is 2.17 bits per heavy atom. The lowest BCUT2D eigenvalue weighted by atomic mass is 10.1. The molecule has 0 atom stereocenters. The maximum Gasteiger partial charge on any atom is 0.203 e. The molecule has 0 aliphatic rings. The average molecular weight is 281 g/mol. The van der Waals surface area contributed by atoms with Crippen LogP contribution in [-0.2, 0) is 6.42 Å². The molecule has 94 valence electrons. The van der Waals surface area contributed by atoms with E-state index in [4.69, 9.17) is 16.3 Å². The van der Waals surface area contributed by atoms with Gasteiger partial charge in [0.05, 0.1) is 17.0 Å². The number of hydrogen-bond donors (Lipinski definition) is 0. The molecule has 4 heteroatoms. The summed E-state index contributed by atoms with van der Waals surface area (Å²) in [6, 6.07) is 7.09. The van der Waals surface area contributed by atoms with Crippen LogP contribution in [-0.4, -0.2) is 12.9 Å². The number of halogens is 1. The first-order valence-corrected chi connectivity index (χ1v) is 6.87. The van der Waals surface area contributed by atoms with Gasteiger partial charge in [0.1, 0.15) is 5.75 Å². The first-order chi connectivity index (χ1) is 8.67. The number of carbonyl (C=O) groups is 1. The van der Waals surface area contributed by atoms with Crippen LogP contribution < -0.4 is 4.74 Å². The van der Waals surface area contributed by atoms with Gasteiger partial charge in [-0.2, -0.15) is 0 Å². The molecule has 1 aromatic heterocycles. The van der Waals surface area contributed by atoms with E-state index in [1.807, 2.05) is 18.4 Å². The van der Waals surface area contributed by atoms with Crippen molar-refractivity contribution in [1.82, 2.24) is 0 Å². The van der Waals surface area contributed by atoms with Gasteiger partial charge in [-0.25, -0.2) is 0 Å². The Morgan fingerprint density at radius 3 is 2.83 bits per heavy atom. The smallest absolute Gasteiger partial charge is 0.203 e. The number of hydrogen-bond acceptors (Lipinski definition) is 3. The molecule has 0 saturated heterocycles. The molecule has 0 unspecified atom stereocenters. The molecule has 0 fully saturated rings. The SMILES string of the molecule is CCc1ccsc1C(=O)c1ccc(Cl)c(OC)c1. The Bertz CT molecular complexity index is 575. The molecule has 2 nitrogen and oxygen atoms in total. The van der Waals surface area contributed by atoms with Crippen molar-refractivity contribution >= 4 is 28.7 Å². The lowest BCUT2D eigenvalue weighted by Gasteiger charge is -2.06. The van der Waals surface area contributed by atoms with Crippen molar-refractivity contribution in [2.75, 3.05) is 7.11 Å². The molecule has 1 heterocycles. The fourth-order valence-corrected chi connectivity index (χ4v) is 2.90. The highest BCUT2D eigenvalue weighted by atomic mass is 35.5. The van der Waals surface area contributed by atoms with E-state index >= 15 is 0 Å². The van der Waals surface area contributed by atoms with Gasteiger partial charge in [0.15, 0.2) is 0 Å². The quantitative estimate of drug-likeness (QED) is 0.785. The fraction of sp³-hybridized carbons (Fsp3) is 0.214. The van der Waals surface area contributed by atoms with Crippen molar-refractivity contribution in [2.24, 2.45) is 0 Å². The number of rotatable bonds is 4. The maximum absolute atomic E-state index is 12.4. The molecule has 0 saturated carbocycles. The van der Waals surface area contributed by atoms with E-state index in [0.717, 1.165) is 16.9 Å². The fourth-order valence-electron chi connectivity index (χ4n) is 1.75. The maximum atomic E-state index is 12.4. The molecule has 0 bridgehead atoms. The second-order valence-corrected chi connectivity index (χ2v) is 5.13. The van der Waals surface area contributed by atoms with Crippen LogP contribution in [0.25, 0.3) is 0 Å². The van der Waals surface area contributed by atoms with Gasteiger partial charge in [-0.15, -0.1) is 11.3 Å². The minimum Gasteiger partial charge on any atom is -0.495 e. The van der Waals surface area contributed by atoms with Crippen molar-refractivity contribution < 1.29 is 9.53 Å². The van der Waals surface area contributed by atoms with E-state index in [0.29, 0.717) is 16.3 Å². The van der Waals surface area contributed by atoms with E-state index in [1.54, 1.807) is 18.2 Å². The Morgan fingerprint density at radius 1 is 1.39 bits per heavy atom. The first-order valence-electron chi connectivity index (χ1n) is 5.62. The van der Waals surface area contributed by atoms with E-state index in [2.05, 4.69) is 0 Å². The molecule has 0 N–H and O–H groups in total. The number of thiophene rings is 1. The molecule has 0 radical (unpaired) electrons. The van der Waals surface area contributed by atoms with Crippen LogP contribution in [0.3, 0.4) is 0 Å². The van der Waals surface area contributed by atoms with Gasteiger partial charge in [-0.05, 0) is 41.6 Å². The number of methoxy groups -OCH3 is 1. The molecular formula is C14H13ClO2S. The van der Waals surface area contributed by atoms with E-state index in [-0.39, 0.29) is 5.78 Å². The van der Waals surface area contributed by atoms with Gasteiger partial charge >= 0.3 is 0 Å². The van der Waals surface area contributed by atoms with Crippen molar-refractivity contribution in [1.29, 1.82) is 0 Å². The molecular weight excluding hydrogens is 268 g/mol. The number of benzene rings is 1. The normalized spacial score (nSPS) is 10.4. The van der Waals surface area contributed by atoms with Gasteiger partial charge < -0.3 is 4.74 Å². The summed E-state index contributed by atoms with van der Waals surface area (Å²) in [5, 5.41) is 2.45. The van der Waals surface area contributed by atoms with E-state index in [9.17, 15) is 4.79 Å². The van der Waals surface area contributed by atoms with E-state index in [1.165, 1.54) is 18.4 Å². The van der Waals surface area contributed by atoms with Crippen LogP contribution in [0.5, 0.6) is 5.75 Å². The highest BCUT2D eigenvalue weighted by Crippen LogP contribution is 2.28. The van der Waals surface area contributed by atoms with Crippen molar-refractivity contribution in [3.8, 4) is 5.75 Å². The van der Waals surface area contributed by atoms with Gasteiger partial charge in [-0.3, -0.25) is 4.79 Å². The zero-order valence-electron chi connectivity index (χ0n) is 10.2. The summed E-state index contributed by atoms with van der Waals surface area (Å²) in [6.45, 7) is 2.04. The Labute approximate surface area is 115 Å². The van der Waals surface area contributed by atoms with Crippen molar-refractivity contribution in [3.05, 3.63) is 50.7 Å². The van der Waals surface area contributed by atoms with Crippen LogP contribution in [0.4, 0.5) is 0 Å². The standard InChI is InChI=1S/C14H13ClO2S/c1-3-9-6-7-18-14(9)13(16)10-4-5-11(15)12(8-10)17-2/h4-8H,3H2,1-2H3. The van der Waals surface area contributed by atoms with Crippen LogP contribution in [0.1, 0.15) is 27.7 Å². The second kappa shape index (κ2) is 5.55. The molecule has 2 aromatic rings. The highest BCUT2D eigenvalue weighted by molar-refractivity contribution is 7.12. The van der Waals surface area contributed by atoms with Crippen LogP contribution in [0.15, 0.2) is 29.6 Å². The molecule has 2 rings (SSSR count). The Kier molecular flexibility index (Phi) is 4.04. The van der Waals surface area contributed by atoms with Crippen LogP contribution in [0.2, 0.25) is 5.02 Å². The lowest BCUT2D eigenvalue weighted by Crippen LogP contribution is -2.02. The minimum atomic E-state index is 0.0248. The summed E-state index contributed by atoms with van der Waals surface area (Å²) in [5.74, 6) is 0.550. The average Bonchev–Trinajstić information content (AvgIpc) is 2.86. The lowest BCUT2D eigenvalue weighted by molar-refractivity contribution is 0.104. The molecule has 0 aliphatic carbocycles. The third-order valence-electron chi connectivity index (χ3n) is 2.75. The zero-order chi connectivity index (χ0) is 13.1. The molecule has 18 heavy (non-hydrogen) atoms. The number of carbonyl (C=O) groups excluding carboxylic acids is 1. The zero-order valence-corrected chi connectivity index (χ0v) is 11.8. The minimum absolute atomic E-state index is 0.0248. The topological polar surface area (TPSA) is 26.3 Å². The second-order valence-electron chi connectivity index (χ2n) is 3.81. The summed E-state index contributed by atoms with van der Waals surface area (Å²) in [4.78, 5) is 13.2. The third-order valence-corrected chi connectivity index (χ3v) is 4.01. The van der Waals surface area contributed by atoms with Crippen molar-refractivity contribution in [3.63, 3.8) is 0 Å². The molecule has 0 amide bonds. The first kappa shape index (κ1) is 13.1. The van der Waals surface area contributed by atoms with Crippen molar-refractivity contribution in [2.45, 2.75) is 13.3 Å². The predicted octanol–water partition coefficient (Wildman–Crippen LogP) is 4.20. The van der Waals surface area contributed by atoms with Gasteiger partial charge in [0.2, 0.25) is 5.78 Å². The summed E-state index contributed by atoms with van der Waals surface area (Å²) < 4.78 is 5.13. The molecule has 0 aliphatic heterocycles. The van der Waals surface area contributed by atoms with Gasteiger partial charge in [0.25, 0.3) is 0 Å². The summed E-state index contributed by atoms with van der Waals surface area (Å²) in [7, 11) is 1.54. The molecule has 0 spiro atoms. The predicted molar refractivity (Wildman–Crippen MR) is 75.1 cm³/mol. The Balaban J connectivity index is 2.40. The van der Waals surface area contributed by atoms with Gasteiger partial charge in [-0.1, -0.05) is 18.5 Å². The van der Waals surface area contributed by atoms with Crippen LogP contribution >= 0.6 is 22.9 Å². The highest BCUT2D eigenvalue weighted by Gasteiger charge is 2.15. The summed E-state index contributed by atoms with van der Waals surface area (Å²) in [6.07, 6.45) is 0.856. The summed E-state index contributed by atoms with van der Waals surface area (Å²) >= 11 is 7.42. The number of aryl methyl sites for hydroxylation is 1. The van der Waals surface area contributed by atoms with Gasteiger partial charge in [0, 0.05) is 5.56 Å².